The fourth-order valence-electron chi connectivity index (χ4n) is 1.20. The maximum absolute atomic E-state index is 8.85. The quantitative estimate of drug-likeness (QED) is 0.729. The van der Waals surface area contributed by atoms with E-state index in [1.165, 1.54) is 0 Å². The maximum atomic E-state index is 8.85. The van der Waals surface area contributed by atoms with E-state index in [1.807, 2.05) is 32.0 Å². The highest BCUT2D eigenvalue weighted by molar-refractivity contribution is 5.07. The Morgan fingerprint density at radius 1 is 1.46 bits per heavy atom. The molecular weight excluding hydrogens is 164 g/mol. The van der Waals surface area contributed by atoms with E-state index in [9.17, 15) is 0 Å². The van der Waals surface area contributed by atoms with Gasteiger partial charge in [-0.2, -0.15) is 0 Å². The molecule has 0 aliphatic rings. The number of pyridine rings is 1. The second kappa shape index (κ2) is 4.94. The largest absolute Gasteiger partial charge is 0.395 e. The molecule has 72 valence electrons. The predicted molar refractivity (Wildman–Crippen MR) is 52.3 cm³/mol. The summed E-state index contributed by atoms with van der Waals surface area (Å²) in [5, 5.41) is 12.1. The summed E-state index contributed by atoms with van der Waals surface area (Å²) < 4.78 is 0. The highest BCUT2D eigenvalue weighted by Gasteiger charge is 2.08. The summed E-state index contributed by atoms with van der Waals surface area (Å²) in [5.41, 5.74) is 1.00. The third-order valence-electron chi connectivity index (χ3n) is 1.94. The van der Waals surface area contributed by atoms with Crippen LogP contribution in [0.1, 0.15) is 25.6 Å². The first-order valence-corrected chi connectivity index (χ1v) is 4.52. The van der Waals surface area contributed by atoms with Crippen molar-refractivity contribution in [2.45, 2.75) is 25.9 Å². The van der Waals surface area contributed by atoms with Crippen LogP contribution in [0.15, 0.2) is 24.4 Å². The molecule has 0 unspecified atom stereocenters. The summed E-state index contributed by atoms with van der Waals surface area (Å²) in [6.07, 6.45) is 1.77. The first-order valence-electron chi connectivity index (χ1n) is 4.52. The van der Waals surface area contributed by atoms with E-state index in [4.69, 9.17) is 5.11 Å². The van der Waals surface area contributed by atoms with E-state index >= 15 is 0 Å². The van der Waals surface area contributed by atoms with E-state index in [1.54, 1.807) is 6.20 Å². The predicted octanol–water partition coefficient (Wildman–Crippen LogP) is 1.11. The van der Waals surface area contributed by atoms with E-state index in [0.29, 0.717) is 0 Å². The van der Waals surface area contributed by atoms with Crippen molar-refractivity contribution >= 4 is 0 Å². The third kappa shape index (κ3) is 3.13. The van der Waals surface area contributed by atoms with Gasteiger partial charge in [0.1, 0.15) is 0 Å². The van der Waals surface area contributed by atoms with Gasteiger partial charge < -0.3 is 10.4 Å². The number of hydrogen-bond donors (Lipinski definition) is 2. The van der Waals surface area contributed by atoms with Gasteiger partial charge in [-0.25, -0.2) is 0 Å². The van der Waals surface area contributed by atoms with Crippen molar-refractivity contribution in [3.63, 3.8) is 0 Å². The van der Waals surface area contributed by atoms with Crippen molar-refractivity contribution in [2.24, 2.45) is 0 Å². The van der Waals surface area contributed by atoms with Gasteiger partial charge in [0.2, 0.25) is 0 Å². The minimum atomic E-state index is 0.108. The Morgan fingerprint density at radius 2 is 2.23 bits per heavy atom. The topological polar surface area (TPSA) is 45.1 Å². The summed E-state index contributed by atoms with van der Waals surface area (Å²) in [7, 11) is 0. The number of nitrogens with one attached hydrogen (secondary N) is 1. The average molecular weight is 180 g/mol. The molecule has 2 N–H and O–H groups in total. The molecule has 0 radical (unpaired) electrons. The van der Waals surface area contributed by atoms with Crippen LogP contribution in [0.5, 0.6) is 0 Å². The van der Waals surface area contributed by atoms with Crippen LogP contribution in [0.25, 0.3) is 0 Å². The Morgan fingerprint density at radius 3 is 2.77 bits per heavy atom. The van der Waals surface area contributed by atoms with Crippen LogP contribution >= 0.6 is 0 Å². The molecule has 0 spiro atoms. The normalized spacial score (nSPS) is 15.3. The van der Waals surface area contributed by atoms with Gasteiger partial charge in [-0.3, -0.25) is 4.98 Å². The highest BCUT2D eigenvalue weighted by Crippen LogP contribution is 2.08. The standard InChI is InChI=1S/C10H16N2O/c1-8(7-13)12-9(2)10-5-3-4-6-11-10/h3-6,8-9,12-13H,7H2,1-2H3/t8-,9+/m1/s1. The molecule has 1 aromatic heterocycles. The van der Waals surface area contributed by atoms with Crippen molar-refractivity contribution in [3.8, 4) is 0 Å². The second-order valence-electron chi connectivity index (χ2n) is 3.23. The number of aliphatic hydroxyl groups excluding tert-OH is 1. The second-order valence-corrected chi connectivity index (χ2v) is 3.23. The summed E-state index contributed by atoms with van der Waals surface area (Å²) in [5.74, 6) is 0. The van der Waals surface area contributed by atoms with Crippen LogP contribution in [0.4, 0.5) is 0 Å². The van der Waals surface area contributed by atoms with Crippen LogP contribution in [-0.4, -0.2) is 22.7 Å². The smallest absolute Gasteiger partial charge is 0.0582 e. The Balaban J connectivity index is 2.53. The average Bonchev–Trinajstić information content (AvgIpc) is 2.19. The lowest BCUT2D eigenvalue weighted by Gasteiger charge is -2.17. The Kier molecular flexibility index (Phi) is 3.86. The first kappa shape index (κ1) is 10.2. The molecule has 13 heavy (non-hydrogen) atoms. The molecule has 0 saturated carbocycles. The van der Waals surface area contributed by atoms with Crippen molar-refractivity contribution in [2.75, 3.05) is 6.61 Å². The molecular formula is C10H16N2O. The van der Waals surface area contributed by atoms with Gasteiger partial charge >= 0.3 is 0 Å². The molecule has 0 aromatic carbocycles. The third-order valence-corrected chi connectivity index (χ3v) is 1.94. The zero-order valence-corrected chi connectivity index (χ0v) is 8.07. The Hall–Kier alpha value is -0.930. The number of aliphatic hydroxyl groups is 1. The molecule has 0 aliphatic heterocycles. The lowest BCUT2D eigenvalue weighted by Crippen LogP contribution is -2.32. The van der Waals surface area contributed by atoms with Crippen LogP contribution in [0.2, 0.25) is 0 Å². The maximum Gasteiger partial charge on any atom is 0.0582 e. The van der Waals surface area contributed by atoms with Gasteiger partial charge in [0.15, 0.2) is 0 Å². The molecule has 0 saturated heterocycles. The number of aromatic nitrogens is 1. The van der Waals surface area contributed by atoms with Gasteiger partial charge in [0.05, 0.1) is 12.3 Å². The molecule has 3 nitrogen and oxygen atoms in total. The molecule has 0 bridgehead atoms. The highest BCUT2D eigenvalue weighted by atomic mass is 16.3. The van der Waals surface area contributed by atoms with Crippen LogP contribution in [0, 0.1) is 0 Å². The van der Waals surface area contributed by atoms with Crippen molar-refractivity contribution < 1.29 is 5.11 Å². The Labute approximate surface area is 78.8 Å². The molecule has 0 fully saturated rings. The molecule has 1 rings (SSSR count). The lowest BCUT2D eigenvalue weighted by molar-refractivity contribution is 0.242. The molecule has 0 aliphatic carbocycles. The Bertz CT molecular complexity index is 238. The van der Waals surface area contributed by atoms with E-state index in [2.05, 4.69) is 10.3 Å². The van der Waals surface area contributed by atoms with E-state index in [0.717, 1.165) is 5.69 Å². The first-order chi connectivity index (χ1) is 6.24. The molecule has 0 amide bonds. The lowest BCUT2D eigenvalue weighted by atomic mass is 10.2. The van der Waals surface area contributed by atoms with Gasteiger partial charge in [-0.15, -0.1) is 0 Å². The summed E-state index contributed by atoms with van der Waals surface area (Å²) in [4.78, 5) is 4.22. The van der Waals surface area contributed by atoms with E-state index in [-0.39, 0.29) is 18.7 Å². The minimum Gasteiger partial charge on any atom is -0.395 e. The van der Waals surface area contributed by atoms with Crippen LogP contribution in [-0.2, 0) is 0 Å². The SMILES string of the molecule is C[C@H](CO)N[C@@H](C)c1ccccn1. The summed E-state index contributed by atoms with van der Waals surface area (Å²) >= 11 is 0. The fraction of sp³-hybridized carbons (Fsp3) is 0.500. The zero-order chi connectivity index (χ0) is 9.68. The number of hydrogen-bond acceptors (Lipinski definition) is 3. The molecule has 3 heteroatoms. The van der Waals surface area contributed by atoms with Crippen molar-refractivity contribution in [3.05, 3.63) is 30.1 Å². The molecule has 2 atom stereocenters. The van der Waals surface area contributed by atoms with E-state index < -0.39 is 0 Å². The fourth-order valence-corrected chi connectivity index (χ4v) is 1.20. The number of rotatable bonds is 4. The van der Waals surface area contributed by atoms with Gasteiger partial charge in [0.25, 0.3) is 0 Å². The number of nitrogens with zero attached hydrogens (tertiary/aromatic N) is 1. The van der Waals surface area contributed by atoms with Crippen molar-refractivity contribution in [1.29, 1.82) is 0 Å². The van der Waals surface area contributed by atoms with Crippen molar-refractivity contribution in [1.82, 2.24) is 10.3 Å². The van der Waals surface area contributed by atoms with Crippen LogP contribution in [0.3, 0.4) is 0 Å². The van der Waals surface area contributed by atoms with Gasteiger partial charge in [-0.1, -0.05) is 6.07 Å². The monoisotopic (exact) mass is 180 g/mol. The summed E-state index contributed by atoms with van der Waals surface area (Å²) in [6, 6.07) is 6.12. The molecule has 1 aromatic rings. The van der Waals surface area contributed by atoms with Crippen LogP contribution < -0.4 is 5.32 Å². The zero-order valence-electron chi connectivity index (χ0n) is 8.07. The van der Waals surface area contributed by atoms with Gasteiger partial charge in [-0.05, 0) is 26.0 Å². The molecule has 1 heterocycles. The van der Waals surface area contributed by atoms with Gasteiger partial charge in [0, 0.05) is 18.3 Å². The minimum absolute atomic E-state index is 0.108. The summed E-state index contributed by atoms with van der Waals surface area (Å²) in [6.45, 7) is 4.13.